The first-order chi connectivity index (χ1) is 15.7. The van der Waals surface area contributed by atoms with Crippen molar-refractivity contribution in [3.8, 4) is 0 Å². The molecule has 0 aromatic heterocycles. The van der Waals surface area contributed by atoms with Crippen LogP contribution in [0.4, 0.5) is 0 Å². The minimum Gasteiger partial charge on any atom is -0.481 e. The molecule has 15 heteroatoms. The van der Waals surface area contributed by atoms with Gasteiger partial charge in [-0.25, -0.2) is 8.42 Å². The van der Waals surface area contributed by atoms with Crippen LogP contribution in [0.3, 0.4) is 0 Å². The molecule has 0 amide bonds. The van der Waals surface area contributed by atoms with E-state index in [1.54, 1.807) is 50.0 Å². The molecule has 0 aliphatic carbocycles. The largest absolute Gasteiger partial charge is 0.481 e. The van der Waals surface area contributed by atoms with Crippen molar-refractivity contribution in [1.82, 2.24) is 0 Å². The number of methoxy groups -OCH3 is 4. The van der Waals surface area contributed by atoms with Crippen molar-refractivity contribution >= 4 is 65.8 Å². The van der Waals surface area contributed by atoms with Gasteiger partial charge in [0.15, 0.2) is 8.87 Å². The lowest BCUT2D eigenvalue weighted by Gasteiger charge is -2.30. The third-order valence-electron chi connectivity index (χ3n) is 3.80. The molecule has 0 aliphatic rings. The van der Waals surface area contributed by atoms with Crippen LogP contribution in [-0.2, 0) is 37.4 Å². The zero-order valence-corrected chi connectivity index (χ0v) is 25.1. The summed E-state index contributed by atoms with van der Waals surface area (Å²) < 4.78 is 39.3. The molecular formula is C19H40O10S5. The first-order valence-electron chi connectivity index (χ1n) is 9.79. The summed E-state index contributed by atoms with van der Waals surface area (Å²) in [6.45, 7) is 1.77. The minimum atomic E-state index is -2.75. The Kier molecular flexibility index (Phi) is 25.4. The lowest BCUT2D eigenvalue weighted by molar-refractivity contribution is -0.138. The molecule has 0 aromatic carbocycles. The fraction of sp³-hybridized carbons (Fsp3) is 0.895. The van der Waals surface area contributed by atoms with Gasteiger partial charge in [-0.05, 0) is 36.1 Å². The zero-order valence-electron chi connectivity index (χ0n) is 20.9. The van der Waals surface area contributed by atoms with Gasteiger partial charge in [0.2, 0.25) is 0 Å². The maximum Gasteiger partial charge on any atom is 0.303 e. The van der Waals surface area contributed by atoms with E-state index in [0.29, 0.717) is 39.3 Å². The third kappa shape index (κ3) is 25.2. The van der Waals surface area contributed by atoms with Gasteiger partial charge in [-0.15, -0.1) is 0 Å². The molecule has 206 valence electrons. The van der Waals surface area contributed by atoms with Gasteiger partial charge in [0, 0.05) is 47.5 Å². The molecule has 0 saturated heterocycles. The van der Waals surface area contributed by atoms with Crippen molar-refractivity contribution in [3.63, 3.8) is 0 Å². The van der Waals surface area contributed by atoms with Crippen LogP contribution in [0.15, 0.2) is 0 Å². The second-order valence-electron chi connectivity index (χ2n) is 7.05. The molecule has 0 aromatic rings. The molecule has 0 atom stereocenters. The monoisotopic (exact) mass is 588 g/mol. The normalized spacial score (nSPS) is 11.6. The Balaban J connectivity index is -0.000000461. The molecule has 0 bridgehead atoms. The lowest BCUT2D eigenvalue weighted by atomic mass is 10.0. The van der Waals surface area contributed by atoms with E-state index < -0.39 is 25.6 Å². The summed E-state index contributed by atoms with van der Waals surface area (Å²) >= 11 is 4.34. The topological polar surface area (TPSA) is 146 Å². The van der Waals surface area contributed by atoms with Gasteiger partial charge in [0.1, 0.15) is 0 Å². The Morgan fingerprint density at radius 3 is 1.44 bits per heavy atom. The summed E-state index contributed by atoms with van der Waals surface area (Å²) in [5, 5.41) is 17.2. The highest BCUT2D eigenvalue weighted by molar-refractivity contribution is 8.77. The number of aliphatic carboxylic acids is 2. The predicted octanol–water partition coefficient (Wildman–Crippen LogP) is 3.02. The summed E-state index contributed by atoms with van der Waals surface area (Å²) in [6.07, 6.45) is 5.89. The second kappa shape index (κ2) is 22.3. The van der Waals surface area contributed by atoms with Crippen LogP contribution in [-0.4, -0.2) is 114 Å². The summed E-state index contributed by atoms with van der Waals surface area (Å²) in [7, 11) is 7.68. The minimum absolute atomic E-state index is 0.0796. The van der Waals surface area contributed by atoms with Gasteiger partial charge < -0.3 is 29.2 Å². The number of carbonyl (C=O) groups is 2. The van der Waals surface area contributed by atoms with Crippen LogP contribution in [0.1, 0.15) is 25.7 Å². The van der Waals surface area contributed by atoms with Crippen LogP contribution in [0.2, 0.25) is 0 Å². The third-order valence-corrected chi connectivity index (χ3v) is 9.23. The van der Waals surface area contributed by atoms with Gasteiger partial charge >= 0.3 is 11.9 Å². The Morgan fingerprint density at radius 1 is 0.824 bits per heavy atom. The highest BCUT2D eigenvalue weighted by Crippen LogP contribution is 2.38. The van der Waals surface area contributed by atoms with Crippen LogP contribution >= 0.6 is 45.0 Å². The van der Waals surface area contributed by atoms with Gasteiger partial charge in [-0.1, -0.05) is 21.6 Å². The SMILES string of the molecule is COCC(CCC(=O)O)(COC)SSC.COCC(S)(CCC(=O)O)COC.CSS(C)(=O)=O. The Hall–Kier alpha value is 0.130. The molecule has 0 fully saturated rings. The molecule has 0 aliphatic heterocycles. The van der Waals surface area contributed by atoms with Crippen molar-refractivity contribution in [1.29, 1.82) is 0 Å². The van der Waals surface area contributed by atoms with Crippen molar-refractivity contribution in [2.24, 2.45) is 0 Å². The van der Waals surface area contributed by atoms with Crippen molar-refractivity contribution in [2.75, 3.05) is 73.6 Å². The quantitative estimate of drug-likeness (QED) is 0.169. The molecule has 2 N–H and O–H groups in total. The maximum atomic E-state index is 10.6. The first kappa shape index (κ1) is 38.7. The molecule has 0 saturated carbocycles. The van der Waals surface area contributed by atoms with Crippen LogP contribution in [0.5, 0.6) is 0 Å². The van der Waals surface area contributed by atoms with E-state index in [-0.39, 0.29) is 17.6 Å². The van der Waals surface area contributed by atoms with Crippen LogP contribution in [0, 0.1) is 0 Å². The lowest BCUT2D eigenvalue weighted by Crippen LogP contribution is -2.35. The van der Waals surface area contributed by atoms with Crippen molar-refractivity contribution in [2.45, 2.75) is 35.2 Å². The maximum absolute atomic E-state index is 10.6. The van der Waals surface area contributed by atoms with E-state index in [4.69, 9.17) is 29.2 Å². The van der Waals surface area contributed by atoms with Crippen LogP contribution < -0.4 is 0 Å². The molecule has 0 rings (SSSR count). The van der Waals surface area contributed by atoms with Gasteiger partial charge in [-0.2, -0.15) is 12.6 Å². The summed E-state index contributed by atoms with van der Waals surface area (Å²) in [5.41, 5.74) is 0. The van der Waals surface area contributed by atoms with Gasteiger partial charge in [0.25, 0.3) is 0 Å². The molecule has 0 radical (unpaired) electrons. The first-order valence-corrected chi connectivity index (χ1v) is 16.4. The summed E-state index contributed by atoms with van der Waals surface area (Å²) in [5.74, 6) is -1.61. The fourth-order valence-corrected chi connectivity index (χ4v) is 5.22. The molecule has 0 heterocycles. The van der Waals surface area contributed by atoms with Crippen molar-refractivity contribution < 1.29 is 47.2 Å². The number of hydrogen-bond donors (Lipinski definition) is 3. The van der Waals surface area contributed by atoms with E-state index in [1.807, 2.05) is 6.26 Å². The number of hydrogen-bond acceptors (Lipinski definition) is 12. The highest BCUT2D eigenvalue weighted by atomic mass is 33.1. The number of thiol groups is 1. The Morgan fingerprint density at radius 2 is 1.18 bits per heavy atom. The van der Waals surface area contributed by atoms with Crippen LogP contribution in [0.25, 0.3) is 0 Å². The molecular weight excluding hydrogens is 549 g/mol. The number of rotatable bonds is 17. The Labute approximate surface area is 221 Å². The Bertz CT molecular complexity index is 608. The predicted molar refractivity (Wildman–Crippen MR) is 145 cm³/mol. The molecule has 0 unspecified atom stereocenters. The van der Waals surface area contributed by atoms with Gasteiger partial charge in [-0.3, -0.25) is 9.59 Å². The molecule has 34 heavy (non-hydrogen) atoms. The van der Waals surface area contributed by atoms with E-state index in [9.17, 15) is 18.0 Å². The van der Waals surface area contributed by atoms with E-state index in [0.717, 1.165) is 10.8 Å². The summed E-state index contributed by atoms with van der Waals surface area (Å²) in [6, 6.07) is 0. The number of carboxylic acids is 2. The van der Waals surface area contributed by atoms with Crippen molar-refractivity contribution in [3.05, 3.63) is 0 Å². The summed E-state index contributed by atoms with van der Waals surface area (Å²) in [4.78, 5) is 20.9. The second-order valence-corrected chi connectivity index (χ2v) is 15.4. The highest BCUT2D eigenvalue weighted by Gasteiger charge is 2.32. The van der Waals surface area contributed by atoms with Gasteiger partial charge in [0.05, 0.1) is 35.9 Å². The average Bonchev–Trinajstić information content (AvgIpc) is 2.72. The zero-order chi connectivity index (χ0) is 27.3. The van der Waals surface area contributed by atoms with E-state index in [2.05, 4.69) is 12.6 Å². The molecule has 0 spiro atoms. The molecule has 10 nitrogen and oxygen atoms in total. The van der Waals surface area contributed by atoms with E-state index >= 15 is 0 Å². The van der Waals surface area contributed by atoms with E-state index in [1.165, 1.54) is 12.5 Å². The number of ether oxygens (including phenoxy) is 4. The number of carboxylic acid groups (broad SMARTS) is 2. The smallest absolute Gasteiger partial charge is 0.303 e. The standard InChI is InChI=1S/C9H18O4S2.C8H16O4S.C2H6O2S2/c1-12-6-9(7-13-2,15-14-3)5-4-8(10)11;1-11-5-8(13,6-12-2)4-3-7(9)10;1-5-6(2,3)4/h4-7H2,1-3H3,(H,10,11);13H,3-6H2,1-2H3,(H,9,10);1-2H3. The average molecular weight is 589 g/mol. The fourth-order valence-electron chi connectivity index (χ4n) is 2.38.